The van der Waals surface area contributed by atoms with Gasteiger partial charge in [-0.1, -0.05) is 36.4 Å². The molecule has 2 N–H and O–H groups in total. The topological polar surface area (TPSA) is 81.3 Å². The van der Waals surface area contributed by atoms with E-state index in [1.54, 1.807) is 17.4 Å². The van der Waals surface area contributed by atoms with Crippen LogP contribution in [0.15, 0.2) is 72.4 Å². The van der Waals surface area contributed by atoms with Crippen LogP contribution < -0.4 is 5.32 Å². The van der Waals surface area contributed by atoms with Crippen molar-refractivity contribution in [1.29, 1.82) is 0 Å². The van der Waals surface area contributed by atoms with Crippen molar-refractivity contribution in [2.24, 2.45) is 0 Å². The molecule has 4 aromatic rings. The Hall–Kier alpha value is -3.20. The van der Waals surface area contributed by atoms with E-state index in [0.717, 1.165) is 47.5 Å². The lowest BCUT2D eigenvalue weighted by molar-refractivity contribution is -0.135. The highest BCUT2D eigenvalue weighted by molar-refractivity contribution is 7.09. The van der Waals surface area contributed by atoms with Gasteiger partial charge >= 0.3 is 0 Å². The van der Waals surface area contributed by atoms with Crippen LogP contribution in [0.3, 0.4) is 0 Å². The largest absolute Gasteiger partial charge is 0.361 e. The van der Waals surface area contributed by atoms with Crippen LogP contribution in [0.5, 0.6) is 0 Å². The first-order chi connectivity index (χ1) is 16.7. The van der Waals surface area contributed by atoms with Crippen molar-refractivity contribution < 1.29 is 9.59 Å². The number of amides is 2. The van der Waals surface area contributed by atoms with Gasteiger partial charge in [-0.25, -0.2) is 4.98 Å². The maximum absolute atomic E-state index is 13.6. The van der Waals surface area contributed by atoms with Crippen LogP contribution in [-0.4, -0.2) is 64.3 Å². The van der Waals surface area contributed by atoms with Crippen molar-refractivity contribution in [2.45, 2.75) is 12.5 Å². The number of nitrogens with one attached hydrogen (secondary N) is 2. The summed E-state index contributed by atoms with van der Waals surface area (Å²) < 4.78 is 0. The van der Waals surface area contributed by atoms with Crippen molar-refractivity contribution in [3.05, 3.63) is 88.5 Å². The summed E-state index contributed by atoms with van der Waals surface area (Å²) >= 11 is 1.68. The minimum Gasteiger partial charge on any atom is -0.361 e. The number of halogens is 1. The predicted molar refractivity (Wildman–Crippen MR) is 141 cm³/mol. The van der Waals surface area contributed by atoms with Crippen LogP contribution >= 0.6 is 23.7 Å². The molecule has 1 aliphatic rings. The Morgan fingerprint density at radius 3 is 2.60 bits per heavy atom. The summed E-state index contributed by atoms with van der Waals surface area (Å²) in [5.41, 5.74) is 2.20. The molecule has 35 heavy (non-hydrogen) atoms. The van der Waals surface area contributed by atoms with Gasteiger partial charge in [0.25, 0.3) is 5.91 Å². The van der Waals surface area contributed by atoms with Crippen molar-refractivity contribution >= 4 is 46.5 Å². The van der Waals surface area contributed by atoms with Gasteiger partial charge in [-0.3, -0.25) is 14.5 Å². The molecule has 7 nitrogen and oxygen atoms in total. The molecule has 0 aliphatic carbocycles. The number of benzene rings is 2. The highest BCUT2D eigenvalue weighted by atomic mass is 35.5. The molecule has 0 saturated carbocycles. The monoisotopic (exact) mass is 509 g/mol. The molecule has 1 saturated heterocycles. The molecule has 3 heterocycles. The molecule has 2 aromatic carbocycles. The minimum absolute atomic E-state index is 0. The summed E-state index contributed by atoms with van der Waals surface area (Å²) in [5.74, 6) is -0.333. The fourth-order valence-electron chi connectivity index (χ4n) is 4.34. The van der Waals surface area contributed by atoms with E-state index in [0.29, 0.717) is 18.7 Å². The van der Waals surface area contributed by atoms with Crippen molar-refractivity contribution in [2.75, 3.05) is 32.7 Å². The number of carbonyl (C=O) groups is 2. The lowest BCUT2D eigenvalue weighted by atomic mass is 10.0. The fraction of sp³-hybridized carbons (Fsp3) is 0.269. The van der Waals surface area contributed by atoms with Gasteiger partial charge in [0.1, 0.15) is 6.04 Å². The van der Waals surface area contributed by atoms with Gasteiger partial charge in [0.05, 0.1) is 5.01 Å². The first kappa shape index (κ1) is 24.9. The van der Waals surface area contributed by atoms with Crippen LogP contribution in [0.25, 0.3) is 10.9 Å². The quantitative estimate of drug-likeness (QED) is 0.396. The van der Waals surface area contributed by atoms with E-state index in [1.807, 2.05) is 71.2 Å². The van der Waals surface area contributed by atoms with Gasteiger partial charge < -0.3 is 15.2 Å². The van der Waals surface area contributed by atoms with Gasteiger partial charge in [-0.05, 0) is 29.1 Å². The number of aromatic nitrogens is 2. The van der Waals surface area contributed by atoms with E-state index in [-0.39, 0.29) is 24.2 Å². The Bertz CT molecular complexity index is 1250. The van der Waals surface area contributed by atoms with Crippen LogP contribution in [0, 0.1) is 0 Å². The number of aromatic amines is 1. The number of nitrogens with zero attached hydrogens (tertiary/aromatic N) is 3. The second-order valence-electron chi connectivity index (χ2n) is 8.44. The minimum atomic E-state index is -0.727. The highest BCUT2D eigenvalue weighted by Crippen LogP contribution is 2.20. The van der Waals surface area contributed by atoms with E-state index in [9.17, 15) is 9.59 Å². The number of fused-ring (bicyclic) bond motifs is 1. The Balaban J connectivity index is 0.00000289. The average Bonchev–Trinajstić information content (AvgIpc) is 3.58. The SMILES string of the molecule is Cl.O=C(N[C@@H](C(=O)N1CCN(CCc2nccs2)CC1)c1ccccc1)c1ccc2cc[nH]c2c1. The molecule has 0 bridgehead atoms. The lowest BCUT2D eigenvalue weighted by Gasteiger charge is -2.36. The molecule has 2 aromatic heterocycles. The fourth-order valence-corrected chi connectivity index (χ4v) is 4.95. The number of carbonyl (C=O) groups excluding carboxylic acids is 2. The summed E-state index contributed by atoms with van der Waals surface area (Å²) in [4.78, 5) is 38.4. The number of hydrogen-bond acceptors (Lipinski definition) is 5. The van der Waals surface area contributed by atoms with Gasteiger partial charge in [-0.2, -0.15) is 0 Å². The molecule has 182 valence electrons. The number of rotatable bonds is 7. The van der Waals surface area contributed by atoms with Crippen LogP contribution in [0.2, 0.25) is 0 Å². The lowest BCUT2D eigenvalue weighted by Crippen LogP contribution is -2.52. The summed E-state index contributed by atoms with van der Waals surface area (Å²) in [6.07, 6.45) is 4.61. The predicted octanol–water partition coefficient (Wildman–Crippen LogP) is 3.90. The van der Waals surface area contributed by atoms with Gasteiger partial charge in [0.15, 0.2) is 0 Å². The summed E-state index contributed by atoms with van der Waals surface area (Å²) in [7, 11) is 0. The van der Waals surface area contributed by atoms with Crippen molar-refractivity contribution in [1.82, 2.24) is 25.1 Å². The van der Waals surface area contributed by atoms with Gasteiger partial charge in [-0.15, -0.1) is 23.7 Å². The summed E-state index contributed by atoms with van der Waals surface area (Å²) in [6.45, 7) is 3.86. The maximum atomic E-state index is 13.6. The standard InChI is InChI=1S/C26H27N5O2S.ClH/c32-25(21-7-6-19-8-10-27-22(19)18-21)29-24(20-4-2-1-3-5-20)26(33)31-15-13-30(14-16-31)12-9-23-28-11-17-34-23;/h1-8,10-11,17-18,24,27H,9,12-16H2,(H,29,32);1H/t24-;/m1./s1. The molecular weight excluding hydrogens is 482 g/mol. The van der Waals surface area contributed by atoms with E-state index < -0.39 is 6.04 Å². The average molecular weight is 510 g/mol. The Morgan fingerprint density at radius 2 is 1.86 bits per heavy atom. The zero-order valence-corrected chi connectivity index (χ0v) is 20.9. The van der Waals surface area contributed by atoms with Gasteiger partial charge in [0.2, 0.25) is 5.91 Å². The van der Waals surface area contributed by atoms with E-state index in [2.05, 4.69) is 20.2 Å². The van der Waals surface area contributed by atoms with E-state index in [4.69, 9.17) is 0 Å². The van der Waals surface area contributed by atoms with Crippen LogP contribution in [-0.2, 0) is 11.2 Å². The zero-order valence-electron chi connectivity index (χ0n) is 19.2. The normalized spacial score (nSPS) is 14.9. The molecule has 0 spiro atoms. The molecular formula is C26H28ClN5O2S. The summed E-state index contributed by atoms with van der Waals surface area (Å²) in [5, 5.41) is 7.18. The second kappa shape index (κ2) is 11.5. The first-order valence-electron chi connectivity index (χ1n) is 11.5. The highest BCUT2D eigenvalue weighted by Gasteiger charge is 2.30. The van der Waals surface area contributed by atoms with E-state index in [1.165, 1.54) is 0 Å². The molecule has 1 atom stereocenters. The maximum Gasteiger partial charge on any atom is 0.252 e. The Labute approximate surface area is 214 Å². The molecule has 0 unspecified atom stereocenters. The number of hydrogen-bond donors (Lipinski definition) is 2. The number of thiazole rings is 1. The first-order valence-corrected chi connectivity index (χ1v) is 12.4. The molecule has 2 amide bonds. The number of piperazine rings is 1. The molecule has 9 heteroatoms. The van der Waals surface area contributed by atoms with Crippen molar-refractivity contribution in [3.8, 4) is 0 Å². The Morgan fingerprint density at radius 1 is 1.06 bits per heavy atom. The third-order valence-corrected chi connectivity index (χ3v) is 7.12. The van der Waals surface area contributed by atoms with Gasteiger partial charge in [0, 0.05) is 68.0 Å². The molecule has 1 aliphatic heterocycles. The second-order valence-corrected chi connectivity index (χ2v) is 9.42. The molecule has 5 rings (SSSR count). The van der Waals surface area contributed by atoms with Crippen LogP contribution in [0.4, 0.5) is 0 Å². The zero-order chi connectivity index (χ0) is 23.3. The molecule has 0 radical (unpaired) electrons. The van der Waals surface area contributed by atoms with Crippen LogP contribution in [0.1, 0.15) is 27.0 Å². The molecule has 1 fully saturated rings. The van der Waals surface area contributed by atoms with E-state index >= 15 is 0 Å². The van der Waals surface area contributed by atoms with Crippen molar-refractivity contribution in [3.63, 3.8) is 0 Å². The Kier molecular flexibility index (Phi) is 8.17. The summed E-state index contributed by atoms with van der Waals surface area (Å²) in [6, 6.07) is 16.2. The third-order valence-electron chi connectivity index (χ3n) is 6.28. The number of H-pyrrole nitrogens is 1. The third kappa shape index (κ3) is 5.90. The smallest absolute Gasteiger partial charge is 0.252 e.